The van der Waals surface area contributed by atoms with Gasteiger partial charge in [-0.05, 0) is 12.8 Å². The van der Waals surface area contributed by atoms with Crippen molar-refractivity contribution < 1.29 is 29.4 Å². The van der Waals surface area contributed by atoms with Crippen LogP contribution >= 0.6 is 0 Å². The highest BCUT2D eigenvalue weighted by atomic mass is 16.4. The van der Waals surface area contributed by atoms with Gasteiger partial charge in [0.25, 0.3) is 0 Å². The number of amides is 2. The van der Waals surface area contributed by atoms with Crippen molar-refractivity contribution in [3.8, 4) is 0 Å². The van der Waals surface area contributed by atoms with Gasteiger partial charge in [-0.3, -0.25) is 19.2 Å². The van der Waals surface area contributed by atoms with Gasteiger partial charge in [-0.15, -0.1) is 0 Å². The standard InChI is InChI=1S/2C5H10N2O3/c6-3(5(7)10)1-2-4(8)9;6-3(5(9)10)1-2-4(7)8/h3H,1-2,6H2,(H2,7,10)(H,8,9);3H,1-2,6H2,(H2,7,8)(H,9,10)/t2*3-/m00/s1. The van der Waals surface area contributed by atoms with Crippen LogP contribution in [0.1, 0.15) is 25.7 Å². The number of hydrogen-bond donors (Lipinski definition) is 6. The first-order chi connectivity index (χ1) is 9.07. The van der Waals surface area contributed by atoms with Crippen LogP contribution in [0.2, 0.25) is 0 Å². The van der Waals surface area contributed by atoms with Gasteiger partial charge in [-0.25, -0.2) is 0 Å². The zero-order chi connectivity index (χ0) is 16.3. The van der Waals surface area contributed by atoms with Gasteiger partial charge in [0.15, 0.2) is 0 Å². The van der Waals surface area contributed by atoms with Gasteiger partial charge >= 0.3 is 11.9 Å². The molecule has 0 fully saturated rings. The summed E-state index contributed by atoms with van der Waals surface area (Å²) in [4.78, 5) is 40.3. The quantitative estimate of drug-likeness (QED) is 0.276. The van der Waals surface area contributed by atoms with Crippen LogP contribution in [0.5, 0.6) is 0 Å². The molecular formula is C10H20N4O6. The number of nitrogens with two attached hydrogens (primary N) is 4. The van der Waals surface area contributed by atoms with E-state index in [1.807, 2.05) is 0 Å². The maximum absolute atomic E-state index is 10.2. The first-order valence-electron chi connectivity index (χ1n) is 5.61. The summed E-state index contributed by atoms with van der Waals surface area (Å²) in [5.41, 5.74) is 19.7. The Morgan fingerprint density at radius 1 is 0.850 bits per heavy atom. The van der Waals surface area contributed by atoms with Crippen LogP contribution in [0, 0.1) is 0 Å². The topological polar surface area (TPSA) is 213 Å². The smallest absolute Gasteiger partial charge is 0.320 e. The van der Waals surface area contributed by atoms with Gasteiger partial charge in [0.2, 0.25) is 11.8 Å². The van der Waals surface area contributed by atoms with Gasteiger partial charge in [-0.1, -0.05) is 0 Å². The summed E-state index contributed by atoms with van der Waals surface area (Å²) in [5.74, 6) is -3.28. The Balaban J connectivity index is 0. The molecule has 2 atom stereocenters. The zero-order valence-corrected chi connectivity index (χ0v) is 10.8. The van der Waals surface area contributed by atoms with Gasteiger partial charge < -0.3 is 33.1 Å². The fraction of sp³-hybridized carbons (Fsp3) is 0.600. The fourth-order valence-corrected chi connectivity index (χ4v) is 0.842. The average Bonchev–Trinajstić information content (AvgIpc) is 2.33. The minimum absolute atomic E-state index is 0.0213. The van der Waals surface area contributed by atoms with E-state index in [1.54, 1.807) is 0 Å². The Kier molecular flexibility index (Phi) is 10.8. The third kappa shape index (κ3) is 13.9. The molecule has 10 N–H and O–H groups in total. The van der Waals surface area contributed by atoms with Crippen LogP contribution in [0.15, 0.2) is 0 Å². The molecule has 0 saturated carbocycles. The molecule has 0 aliphatic heterocycles. The number of carboxylic acids is 2. The molecule has 0 spiro atoms. The van der Waals surface area contributed by atoms with Crippen molar-refractivity contribution in [3.63, 3.8) is 0 Å². The van der Waals surface area contributed by atoms with E-state index in [9.17, 15) is 19.2 Å². The van der Waals surface area contributed by atoms with Crippen molar-refractivity contribution in [3.05, 3.63) is 0 Å². The first kappa shape index (κ1) is 20.1. The van der Waals surface area contributed by atoms with Crippen molar-refractivity contribution in [2.75, 3.05) is 0 Å². The number of carbonyl (C=O) groups excluding carboxylic acids is 2. The first-order valence-corrected chi connectivity index (χ1v) is 5.61. The Labute approximate surface area is 115 Å². The van der Waals surface area contributed by atoms with E-state index in [1.165, 1.54) is 0 Å². The van der Waals surface area contributed by atoms with E-state index < -0.39 is 35.8 Å². The number of carboxylic acid groups (broad SMARTS) is 2. The normalized spacial score (nSPS) is 12.5. The lowest BCUT2D eigenvalue weighted by Crippen LogP contribution is -2.36. The van der Waals surface area contributed by atoms with E-state index in [0.29, 0.717) is 0 Å². The second-order valence-corrected chi connectivity index (χ2v) is 3.89. The maximum atomic E-state index is 10.2. The Morgan fingerprint density at radius 2 is 1.30 bits per heavy atom. The van der Waals surface area contributed by atoms with Gasteiger partial charge in [0, 0.05) is 12.8 Å². The van der Waals surface area contributed by atoms with Crippen LogP contribution in [0.4, 0.5) is 0 Å². The predicted molar refractivity (Wildman–Crippen MR) is 68.1 cm³/mol. The SMILES string of the molecule is NC(=O)CC[C@H](N)C(=O)O.NC(=O)[C@@H](N)CCC(=O)O. The summed E-state index contributed by atoms with van der Waals surface area (Å²) < 4.78 is 0. The molecule has 116 valence electrons. The maximum Gasteiger partial charge on any atom is 0.320 e. The van der Waals surface area contributed by atoms with Crippen molar-refractivity contribution >= 4 is 23.8 Å². The minimum Gasteiger partial charge on any atom is -0.481 e. The number of hydrogen-bond acceptors (Lipinski definition) is 6. The highest BCUT2D eigenvalue weighted by Gasteiger charge is 2.11. The molecule has 0 bridgehead atoms. The van der Waals surface area contributed by atoms with Crippen LogP contribution in [-0.2, 0) is 19.2 Å². The van der Waals surface area contributed by atoms with Gasteiger partial charge in [0.05, 0.1) is 6.04 Å². The van der Waals surface area contributed by atoms with Crippen molar-refractivity contribution in [2.45, 2.75) is 37.8 Å². The molecule has 20 heavy (non-hydrogen) atoms. The Morgan fingerprint density at radius 3 is 1.60 bits per heavy atom. The monoisotopic (exact) mass is 292 g/mol. The zero-order valence-electron chi connectivity index (χ0n) is 10.8. The van der Waals surface area contributed by atoms with Crippen LogP contribution in [-0.4, -0.2) is 46.0 Å². The second-order valence-electron chi connectivity index (χ2n) is 3.89. The molecule has 0 unspecified atom stereocenters. The molecule has 0 aliphatic rings. The lowest BCUT2D eigenvalue weighted by molar-refractivity contribution is -0.139. The fourth-order valence-electron chi connectivity index (χ4n) is 0.842. The number of primary amides is 2. The molecule has 0 saturated heterocycles. The largest absolute Gasteiger partial charge is 0.481 e. The predicted octanol–water partition coefficient (Wildman–Crippen LogP) is -2.67. The molecule has 0 rings (SSSR count). The molecule has 0 radical (unpaired) electrons. The molecular weight excluding hydrogens is 272 g/mol. The third-order valence-electron chi connectivity index (χ3n) is 2.05. The number of aliphatic carboxylic acids is 2. The minimum atomic E-state index is -1.11. The van der Waals surface area contributed by atoms with Crippen molar-refractivity contribution in [1.29, 1.82) is 0 Å². The molecule has 10 heteroatoms. The van der Waals surface area contributed by atoms with E-state index in [0.717, 1.165) is 0 Å². The summed E-state index contributed by atoms with van der Waals surface area (Å²) in [6, 6.07) is -1.82. The molecule has 0 aliphatic carbocycles. The number of carbonyl (C=O) groups is 4. The molecule has 2 amide bonds. The van der Waals surface area contributed by atoms with Gasteiger partial charge in [0.1, 0.15) is 6.04 Å². The van der Waals surface area contributed by atoms with Crippen LogP contribution < -0.4 is 22.9 Å². The van der Waals surface area contributed by atoms with E-state index in [4.69, 9.17) is 33.1 Å². The summed E-state index contributed by atoms with van der Waals surface area (Å²) in [6.07, 6.45) is 0.104. The summed E-state index contributed by atoms with van der Waals surface area (Å²) in [6.45, 7) is 0. The van der Waals surface area contributed by atoms with E-state index in [2.05, 4.69) is 0 Å². The summed E-state index contributed by atoms with van der Waals surface area (Å²) in [5, 5.41) is 16.4. The van der Waals surface area contributed by atoms with E-state index >= 15 is 0 Å². The lowest BCUT2D eigenvalue weighted by atomic mass is 10.1. The van der Waals surface area contributed by atoms with E-state index in [-0.39, 0.29) is 25.7 Å². The third-order valence-corrected chi connectivity index (χ3v) is 2.05. The molecule has 0 aromatic heterocycles. The average molecular weight is 292 g/mol. The molecule has 0 heterocycles. The van der Waals surface area contributed by atoms with Gasteiger partial charge in [-0.2, -0.15) is 0 Å². The Hall–Kier alpha value is -2.20. The summed E-state index contributed by atoms with van der Waals surface area (Å²) >= 11 is 0. The van der Waals surface area contributed by atoms with Crippen LogP contribution in [0.25, 0.3) is 0 Å². The van der Waals surface area contributed by atoms with Crippen LogP contribution in [0.3, 0.4) is 0 Å². The highest BCUT2D eigenvalue weighted by molar-refractivity contribution is 5.80. The lowest BCUT2D eigenvalue weighted by Gasteiger charge is -2.02. The number of rotatable bonds is 8. The Bertz CT molecular complexity index is 326. The molecule has 0 aromatic carbocycles. The molecule has 10 nitrogen and oxygen atoms in total. The second kappa shape index (κ2) is 10.7. The highest BCUT2D eigenvalue weighted by Crippen LogP contribution is 1.93. The van der Waals surface area contributed by atoms with Crippen molar-refractivity contribution in [2.24, 2.45) is 22.9 Å². The molecule has 0 aromatic rings. The van der Waals surface area contributed by atoms with Crippen molar-refractivity contribution in [1.82, 2.24) is 0 Å². The summed E-state index contributed by atoms with van der Waals surface area (Å²) in [7, 11) is 0.